The Morgan fingerprint density at radius 2 is 1.83 bits per heavy atom. The average molecular weight is 346 g/mol. The fourth-order valence-electron chi connectivity index (χ4n) is 2.09. The van der Waals surface area contributed by atoms with Crippen LogP contribution in [0.25, 0.3) is 0 Å². The first-order valence-electron chi connectivity index (χ1n) is 7.91. The van der Waals surface area contributed by atoms with Crippen molar-refractivity contribution in [2.24, 2.45) is 5.92 Å². The van der Waals surface area contributed by atoms with E-state index in [9.17, 15) is 9.59 Å². The number of hydrogen-bond acceptors (Lipinski definition) is 5. The summed E-state index contributed by atoms with van der Waals surface area (Å²) in [6.07, 6.45) is 1.07. The van der Waals surface area contributed by atoms with Gasteiger partial charge in [-0.3, -0.25) is 9.59 Å². The van der Waals surface area contributed by atoms with Crippen molar-refractivity contribution in [2.45, 2.75) is 40.0 Å². The van der Waals surface area contributed by atoms with Gasteiger partial charge in [0.15, 0.2) is 0 Å². The minimum atomic E-state index is -0.235. The maximum Gasteiger partial charge on any atom is 0.226 e. The molecule has 0 saturated heterocycles. The van der Waals surface area contributed by atoms with E-state index in [1.165, 1.54) is 11.3 Å². The highest BCUT2D eigenvalue weighted by molar-refractivity contribution is 7.15. The number of rotatable bonds is 7. The number of benzene rings is 1. The standard InChI is InChI=1S/C17H22N4O2S/c1-11(2)9-16-20-21-17(24-16)19-15(23)8-7-14(22)18-13-6-4-5-12(3)10-13/h4-6,10-11H,7-9H2,1-3H3,(H,18,22)(H,19,21,23). The van der Waals surface area contributed by atoms with Crippen LogP contribution in [0.3, 0.4) is 0 Å². The molecule has 128 valence electrons. The van der Waals surface area contributed by atoms with E-state index < -0.39 is 0 Å². The highest BCUT2D eigenvalue weighted by Crippen LogP contribution is 2.18. The number of anilines is 2. The van der Waals surface area contributed by atoms with Gasteiger partial charge in [-0.1, -0.05) is 37.3 Å². The van der Waals surface area contributed by atoms with Crippen molar-refractivity contribution < 1.29 is 9.59 Å². The van der Waals surface area contributed by atoms with Crippen LogP contribution in [0.1, 0.15) is 37.3 Å². The summed E-state index contributed by atoms with van der Waals surface area (Å²) in [4.78, 5) is 23.8. The molecule has 0 aliphatic rings. The second-order valence-electron chi connectivity index (χ2n) is 6.06. The third-order valence-electron chi connectivity index (χ3n) is 3.18. The summed E-state index contributed by atoms with van der Waals surface area (Å²) < 4.78 is 0. The zero-order chi connectivity index (χ0) is 17.5. The first kappa shape index (κ1) is 18.1. The monoisotopic (exact) mass is 346 g/mol. The first-order chi connectivity index (χ1) is 11.4. The van der Waals surface area contributed by atoms with Gasteiger partial charge in [0.1, 0.15) is 5.01 Å². The second kappa shape index (κ2) is 8.54. The van der Waals surface area contributed by atoms with Crippen LogP contribution in [0.4, 0.5) is 10.8 Å². The highest BCUT2D eigenvalue weighted by atomic mass is 32.1. The van der Waals surface area contributed by atoms with E-state index in [-0.39, 0.29) is 24.7 Å². The van der Waals surface area contributed by atoms with Gasteiger partial charge in [-0.2, -0.15) is 0 Å². The van der Waals surface area contributed by atoms with Crippen molar-refractivity contribution in [1.29, 1.82) is 0 Å². The van der Waals surface area contributed by atoms with Crippen LogP contribution < -0.4 is 10.6 Å². The Balaban J connectivity index is 1.76. The molecule has 0 radical (unpaired) electrons. The number of nitrogens with zero attached hydrogens (tertiary/aromatic N) is 2. The molecule has 2 rings (SSSR count). The summed E-state index contributed by atoms with van der Waals surface area (Å²) in [7, 11) is 0. The van der Waals surface area contributed by atoms with Crippen LogP contribution in [0.5, 0.6) is 0 Å². The van der Waals surface area contributed by atoms with Crippen molar-refractivity contribution in [3.63, 3.8) is 0 Å². The second-order valence-corrected chi connectivity index (χ2v) is 7.13. The Hall–Kier alpha value is -2.28. The number of hydrogen-bond donors (Lipinski definition) is 2. The van der Waals surface area contributed by atoms with Gasteiger partial charge in [0.2, 0.25) is 16.9 Å². The van der Waals surface area contributed by atoms with Crippen molar-refractivity contribution in [2.75, 3.05) is 10.6 Å². The lowest BCUT2D eigenvalue weighted by atomic mass is 10.1. The predicted molar refractivity (Wildman–Crippen MR) is 96.1 cm³/mol. The molecule has 2 N–H and O–H groups in total. The molecule has 0 aliphatic carbocycles. The van der Waals surface area contributed by atoms with Crippen molar-refractivity contribution >= 4 is 34.0 Å². The molecule has 0 unspecified atom stereocenters. The molecule has 7 heteroatoms. The molecule has 0 atom stereocenters. The molecule has 24 heavy (non-hydrogen) atoms. The molecule has 0 bridgehead atoms. The van der Waals surface area contributed by atoms with Crippen LogP contribution in [0.2, 0.25) is 0 Å². The number of amides is 2. The van der Waals surface area contributed by atoms with E-state index in [0.29, 0.717) is 11.0 Å². The number of carbonyl (C=O) groups excluding carboxylic acids is 2. The van der Waals surface area contributed by atoms with E-state index in [1.807, 2.05) is 31.2 Å². The predicted octanol–water partition coefficient (Wildman–Crippen LogP) is 3.40. The minimum absolute atomic E-state index is 0.108. The quantitative estimate of drug-likeness (QED) is 0.805. The topological polar surface area (TPSA) is 84.0 Å². The molecule has 0 fully saturated rings. The molecular formula is C17H22N4O2S. The third-order valence-corrected chi connectivity index (χ3v) is 4.04. The fraction of sp³-hybridized carbons (Fsp3) is 0.412. The van der Waals surface area contributed by atoms with Crippen molar-refractivity contribution in [3.8, 4) is 0 Å². The smallest absolute Gasteiger partial charge is 0.226 e. The summed E-state index contributed by atoms with van der Waals surface area (Å²) in [6, 6.07) is 7.54. The lowest BCUT2D eigenvalue weighted by Gasteiger charge is -2.05. The maximum absolute atomic E-state index is 11.9. The Morgan fingerprint density at radius 3 is 2.50 bits per heavy atom. The SMILES string of the molecule is Cc1cccc(NC(=O)CCC(=O)Nc2nnc(CC(C)C)s2)c1. The van der Waals surface area contributed by atoms with E-state index in [0.717, 1.165) is 22.7 Å². The van der Waals surface area contributed by atoms with E-state index in [4.69, 9.17) is 0 Å². The Kier molecular flexibility index (Phi) is 6.43. The first-order valence-corrected chi connectivity index (χ1v) is 8.73. The van der Waals surface area contributed by atoms with Gasteiger partial charge in [0.05, 0.1) is 0 Å². The Morgan fingerprint density at radius 1 is 1.12 bits per heavy atom. The molecule has 2 amide bonds. The van der Waals surface area contributed by atoms with E-state index in [1.54, 1.807) is 0 Å². The molecule has 6 nitrogen and oxygen atoms in total. The molecule has 1 heterocycles. The van der Waals surface area contributed by atoms with Gasteiger partial charge >= 0.3 is 0 Å². The molecular weight excluding hydrogens is 324 g/mol. The molecule has 1 aromatic heterocycles. The molecule has 0 aliphatic heterocycles. The number of aryl methyl sites for hydroxylation is 1. The Labute approximate surface area is 145 Å². The maximum atomic E-state index is 11.9. The highest BCUT2D eigenvalue weighted by Gasteiger charge is 2.11. The largest absolute Gasteiger partial charge is 0.326 e. The summed E-state index contributed by atoms with van der Waals surface area (Å²) in [5, 5.41) is 14.8. The van der Waals surface area contributed by atoms with Crippen LogP contribution >= 0.6 is 11.3 Å². The van der Waals surface area contributed by atoms with Crippen molar-refractivity contribution in [3.05, 3.63) is 34.8 Å². The third kappa shape index (κ3) is 6.08. The van der Waals surface area contributed by atoms with Gasteiger partial charge in [-0.05, 0) is 30.5 Å². The number of aromatic nitrogens is 2. The summed E-state index contributed by atoms with van der Waals surface area (Å²) in [6.45, 7) is 6.16. The fourth-order valence-corrected chi connectivity index (χ4v) is 3.06. The van der Waals surface area contributed by atoms with Gasteiger partial charge in [0, 0.05) is 24.9 Å². The molecule has 1 aromatic carbocycles. The summed E-state index contributed by atoms with van der Waals surface area (Å²) in [5.74, 6) is 0.0713. The summed E-state index contributed by atoms with van der Waals surface area (Å²) in [5.41, 5.74) is 1.81. The van der Waals surface area contributed by atoms with Gasteiger partial charge in [0.25, 0.3) is 0 Å². The van der Waals surface area contributed by atoms with Gasteiger partial charge in [-0.15, -0.1) is 10.2 Å². The summed E-state index contributed by atoms with van der Waals surface area (Å²) >= 11 is 1.37. The van der Waals surface area contributed by atoms with Crippen LogP contribution in [0.15, 0.2) is 24.3 Å². The zero-order valence-corrected chi connectivity index (χ0v) is 14.9. The van der Waals surface area contributed by atoms with Crippen LogP contribution in [-0.4, -0.2) is 22.0 Å². The number of carbonyl (C=O) groups is 2. The minimum Gasteiger partial charge on any atom is -0.326 e. The normalized spacial score (nSPS) is 10.7. The lowest BCUT2D eigenvalue weighted by molar-refractivity contribution is -0.121. The molecule has 0 saturated carbocycles. The lowest BCUT2D eigenvalue weighted by Crippen LogP contribution is -2.17. The van der Waals surface area contributed by atoms with Crippen molar-refractivity contribution in [1.82, 2.24) is 10.2 Å². The van der Waals surface area contributed by atoms with Crippen LogP contribution in [0, 0.1) is 12.8 Å². The molecule has 2 aromatic rings. The van der Waals surface area contributed by atoms with Gasteiger partial charge < -0.3 is 10.6 Å². The molecule has 0 spiro atoms. The average Bonchev–Trinajstić information content (AvgIpc) is 2.91. The van der Waals surface area contributed by atoms with E-state index >= 15 is 0 Å². The van der Waals surface area contributed by atoms with Crippen LogP contribution in [-0.2, 0) is 16.0 Å². The number of nitrogens with one attached hydrogen (secondary N) is 2. The zero-order valence-electron chi connectivity index (χ0n) is 14.1. The van der Waals surface area contributed by atoms with E-state index in [2.05, 4.69) is 34.7 Å². The van der Waals surface area contributed by atoms with Gasteiger partial charge in [-0.25, -0.2) is 0 Å². The Bertz CT molecular complexity index is 712.